The van der Waals surface area contributed by atoms with E-state index in [0.29, 0.717) is 23.8 Å². The predicted molar refractivity (Wildman–Crippen MR) is 85.8 cm³/mol. The Kier molecular flexibility index (Phi) is 5.77. The fraction of sp³-hybridized carbons (Fsp3) is 0.375. The van der Waals surface area contributed by atoms with Gasteiger partial charge in [0.25, 0.3) is 0 Å². The Morgan fingerprint density at radius 3 is 2.86 bits per heavy atom. The summed E-state index contributed by atoms with van der Waals surface area (Å²) in [5.41, 5.74) is 1.46. The maximum absolute atomic E-state index is 10.7. The maximum atomic E-state index is 10.7. The van der Waals surface area contributed by atoms with Crippen molar-refractivity contribution in [3.8, 4) is 22.1 Å². The summed E-state index contributed by atoms with van der Waals surface area (Å²) in [5, 5.41) is 11.4. The number of aromatic nitrogens is 1. The SMILES string of the molecule is CCCCOc1cc(-c2nc(CC(=O)O)cs2)ccc1OC. The Balaban J connectivity index is 2.21. The smallest absolute Gasteiger partial charge is 0.309 e. The molecule has 118 valence electrons. The van der Waals surface area contributed by atoms with E-state index < -0.39 is 5.97 Å². The van der Waals surface area contributed by atoms with Crippen molar-refractivity contribution in [2.24, 2.45) is 0 Å². The molecule has 0 aliphatic carbocycles. The minimum Gasteiger partial charge on any atom is -0.493 e. The Morgan fingerprint density at radius 1 is 1.36 bits per heavy atom. The zero-order valence-electron chi connectivity index (χ0n) is 12.7. The molecule has 0 aliphatic rings. The molecule has 0 unspecified atom stereocenters. The summed E-state index contributed by atoms with van der Waals surface area (Å²) < 4.78 is 11.1. The van der Waals surface area contributed by atoms with Gasteiger partial charge in [0, 0.05) is 10.9 Å². The van der Waals surface area contributed by atoms with Gasteiger partial charge in [-0.3, -0.25) is 4.79 Å². The molecule has 0 radical (unpaired) electrons. The summed E-state index contributed by atoms with van der Waals surface area (Å²) in [7, 11) is 1.61. The molecule has 0 amide bonds. The lowest BCUT2D eigenvalue weighted by Crippen LogP contribution is -2.00. The standard InChI is InChI=1S/C16H19NO4S/c1-3-4-7-21-14-8-11(5-6-13(14)20-2)16-17-12(10-22-16)9-15(18)19/h5-6,8,10H,3-4,7,9H2,1-2H3,(H,18,19). The average Bonchev–Trinajstić information content (AvgIpc) is 2.95. The molecule has 2 aromatic rings. The van der Waals surface area contributed by atoms with Crippen LogP contribution in [-0.2, 0) is 11.2 Å². The van der Waals surface area contributed by atoms with E-state index >= 15 is 0 Å². The van der Waals surface area contributed by atoms with E-state index in [1.807, 2.05) is 18.2 Å². The first-order valence-corrected chi connectivity index (χ1v) is 7.99. The topological polar surface area (TPSA) is 68.7 Å². The lowest BCUT2D eigenvalue weighted by molar-refractivity contribution is -0.136. The Bertz CT molecular complexity index is 639. The van der Waals surface area contributed by atoms with Gasteiger partial charge in [-0.15, -0.1) is 11.3 Å². The number of carbonyl (C=O) groups is 1. The van der Waals surface area contributed by atoms with Crippen molar-refractivity contribution in [2.45, 2.75) is 26.2 Å². The lowest BCUT2D eigenvalue weighted by atomic mass is 10.2. The van der Waals surface area contributed by atoms with E-state index in [0.717, 1.165) is 23.4 Å². The number of nitrogens with zero attached hydrogens (tertiary/aromatic N) is 1. The van der Waals surface area contributed by atoms with Crippen molar-refractivity contribution in [3.63, 3.8) is 0 Å². The molecular weight excluding hydrogens is 302 g/mol. The molecule has 0 atom stereocenters. The molecule has 1 aromatic carbocycles. The summed E-state index contributed by atoms with van der Waals surface area (Å²) in [6.45, 7) is 2.75. The number of hydrogen-bond acceptors (Lipinski definition) is 5. The van der Waals surface area contributed by atoms with Crippen LogP contribution in [0.2, 0.25) is 0 Å². The number of hydrogen-bond donors (Lipinski definition) is 1. The van der Waals surface area contributed by atoms with Crippen LogP contribution in [0.3, 0.4) is 0 Å². The van der Waals surface area contributed by atoms with Crippen molar-refractivity contribution >= 4 is 17.3 Å². The molecule has 1 heterocycles. The van der Waals surface area contributed by atoms with E-state index in [1.165, 1.54) is 11.3 Å². The third-order valence-electron chi connectivity index (χ3n) is 3.05. The summed E-state index contributed by atoms with van der Waals surface area (Å²) in [5.74, 6) is 0.487. The van der Waals surface area contributed by atoms with Gasteiger partial charge in [-0.05, 0) is 24.6 Å². The Morgan fingerprint density at radius 2 is 2.18 bits per heavy atom. The maximum Gasteiger partial charge on any atom is 0.309 e. The summed E-state index contributed by atoms with van der Waals surface area (Å²) in [6, 6.07) is 5.63. The van der Waals surface area contributed by atoms with E-state index in [4.69, 9.17) is 14.6 Å². The van der Waals surface area contributed by atoms with Crippen LogP contribution < -0.4 is 9.47 Å². The minimum atomic E-state index is -0.879. The van der Waals surface area contributed by atoms with Gasteiger partial charge in [-0.25, -0.2) is 4.98 Å². The van der Waals surface area contributed by atoms with Crippen LogP contribution >= 0.6 is 11.3 Å². The normalized spacial score (nSPS) is 10.5. The molecular formula is C16H19NO4S. The number of carboxylic acids is 1. The second kappa shape index (κ2) is 7.79. The second-order valence-electron chi connectivity index (χ2n) is 4.78. The van der Waals surface area contributed by atoms with Gasteiger partial charge in [0.1, 0.15) is 5.01 Å². The van der Waals surface area contributed by atoms with Crippen molar-refractivity contribution in [2.75, 3.05) is 13.7 Å². The number of thiazole rings is 1. The van der Waals surface area contributed by atoms with Crippen LogP contribution in [0, 0.1) is 0 Å². The largest absolute Gasteiger partial charge is 0.493 e. The van der Waals surface area contributed by atoms with Crippen LogP contribution in [0.25, 0.3) is 10.6 Å². The molecule has 0 aliphatic heterocycles. The molecule has 1 N–H and O–H groups in total. The van der Waals surface area contributed by atoms with Gasteiger partial charge >= 0.3 is 5.97 Å². The van der Waals surface area contributed by atoms with Gasteiger partial charge in [-0.1, -0.05) is 13.3 Å². The van der Waals surface area contributed by atoms with Gasteiger partial charge < -0.3 is 14.6 Å². The van der Waals surface area contributed by atoms with Crippen LogP contribution in [-0.4, -0.2) is 29.8 Å². The first kappa shape index (κ1) is 16.3. The van der Waals surface area contributed by atoms with E-state index in [-0.39, 0.29) is 6.42 Å². The van der Waals surface area contributed by atoms with Crippen LogP contribution in [0.15, 0.2) is 23.6 Å². The molecule has 2 rings (SSSR count). The third kappa shape index (κ3) is 4.21. The second-order valence-corrected chi connectivity index (χ2v) is 5.64. The lowest BCUT2D eigenvalue weighted by Gasteiger charge is -2.11. The van der Waals surface area contributed by atoms with Crippen molar-refractivity contribution in [1.82, 2.24) is 4.98 Å². The average molecular weight is 321 g/mol. The van der Waals surface area contributed by atoms with E-state index in [1.54, 1.807) is 12.5 Å². The van der Waals surface area contributed by atoms with Crippen LogP contribution in [0.5, 0.6) is 11.5 Å². The number of methoxy groups -OCH3 is 1. The van der Waals surface area contributed by atoms with Crippen molar-refractivity contribution < 1.29 is 19.4 Å². The molecule has 6 heteroatoms. The summed E-state index contributed by atoms with van der Waals surface area (Å²) in [4.78, 5) is 15.1. The molecule has 0 saturated heterocycles. The number of aliphatic carboxylic acids is 1. The highest BCUT2D eigenvalue weighted by Crippen LogP contribution is 2.34. The molecule has 5 nitrogen and oxygen atoms in total. The van der Waals surface area contributed by atoms with Gasteiger partial charge in [0.2, 0.25) is 0 Å². The molecule has 1 aromatic heterocycles. The predicted octanol–water partition coefficient (Wildman–Crippen LogP) is 3.62. The fourth-order valence-corrected chi connectivity index (χ4v) is 2.74. The van der Waals surface area contributed by atoms with E-state index in [9.17, 15) is 4.79 Å². The number of unbranched alkanes of at least 4 members (excludes halogenated alkanes) is 1. The first-order valence-electron chi connectivity index (χ1n) is 7.11. The summed E-state index contributed by atoms with van der Waals surface area (Å²) >= 11 is 1.42. The first-order chi connectivity index (χ1) is 10.6. The molecule has 22 heavy (non-hydrogen) atoms. The summed E-state index contributed by atoms with van der Waals surface area (Å²) in [6.07, 6.45) is 1.98. The highest BCUT2D eigenvalue weighted by atomic mass is 32.1. The third-order valence-corrected chi connectivity index (χ3v) is 3.99. The molecule has 0 spiro atoms. The fourth-order valence-electron chi connectivity index (χ4n) is 1.92. The van der Waals surface area contributed by atoms with Gasteiger partial charge in [0.05, 0.1) is 25.8 Å². The zero-order chi connectivity index (χ0) is 15.9. The number of ether oxygens (including phenoxy) is 2. The highest BCUT2D eigenvalue weighted by molar-refractivity contribution is 7.13. The van der Waals surface area contributed by atoms with E-state index in [2.05, 4.69) is 11.9 Å². The van der Waals surface area contributed by atoms with Crippen molar-refractivity contribution in [1.29, 1.82) is 0 Å². The Hall–Kier alpha value is -2.08. The highest BCUT2D eigenvalue weighted by Gasteiger charge is 2.11. The monoisotopic (exact) mass is 321 g/mol. The quantitative estimate of drug-likeness (QED) is 0.752. The number of benzene rings is 1. The van der Waals surface area contributed by atoms with Crippen LogP contribution in [0.4, 0.5) is 0 Å². The zero-order valence-corrected chi connectivity index (χ0v) is 13.5. The molecule has 0 saturated carbocycles. The number of rotatable bonds is 8. The Labute approximate surface area is 133 Å². The number of carboxylic acid groups (broad SMARTS) is 1. The van der Waals surface area contributed by atoms with Gasteiger partial charge in [0.15, 0.2) is 11.5 Å². The molecule has 0 fully saturated rings. The van der Waals surface area contributed by atoms with Gasteiger partial charge in [-0.2, -0.15) is 0 Å². The van der Waals surface area contributed by atoms with Crippen LogP contribution in [0.1, 0.15) is 25.5 Å². The van der Waals surface area contributed by atoms with Crippen molar-refractivity contribution in [3.05, 3.63) is 29.3 Å². The minimum absolute atomic E-state index is 0.0630. The molecule has 0 bridgehead atoms.